The Balaban J connectivity index is 1.85. The third-order valence-corrected chi connectivity index (χ3v) is 4.94. The SMILES string of the molecule is O=C(O)C1(Cc2ccccc2)CCCN(c2nccs2)C1. The predicted octanol–water partition coefficient (Wildman–Crippen LogP) is 3.06. The van der Waals surface area contributed by atoms with Gasteiger partial charge in [0.15, 0.2) is 5.13 Å². The predicted molar refractivity (Wildman–Crippen MR) is 83.8 cm³/mol. The molecule has 1 aliphatic rings. The number of carbonyl (C=O) groups is 1. The quantitative estimate of drug-likeness (QED) is 0.943. The van der Waals surface area contributed by atoms with E-state index in [1.54, 1.807) is 17.5 Å². The Hall–Kier alpha value is -1.88. The fourth-order valence-corrected chi connectivity index (χ4v) is 3.72. The summed E-state index contributed by atoms with van der Waals surface area (Å²) in [7, 11) is 0. The van der Waals surface area contributed by atoms with Crippen LogP contribution in [0, 0.1) is 5.41 Å². The maximum atomic E-state index is 12.0. The van der Waals surface area contributed by atoms with Crippen LogP contribution in [0.5, 0.6) is 0 Å². The van der Waals surface area contributed by atoms with Crippen molar-refractivity contribution >= 4 is 22.4 Å². The summed E-state index contributed by atoms with van der Waals surface area (Å²) in [6, 6.07) is 9.90. The van der Waals surface area contributed by atoms with Crippen LogP contribution in [0.2, 0.25) is 0 Å². The van der Waals surface area contributed by atoms with Gasteiger partial charge < -0.3 is 10.0 Å². The third-order valence-electron chi connectivity index (χ3n) is 4.11. The summed E-state index contributed by atoms with van der Waals surface area (Å²) in [5.41, 5.74) is 0.367. The average molecular weight is 302 g/mol. The maximum absolute atomic E-state index is 12.0. The fraction of sp³-hybridized carbons (Fsp3) is 0.375. The summed E-state index contributed by atoms with van der Waals surface area (Å²) < 4.78 is 0. The summed E-state index contributed by atoms with van der Waals surface area (Å²) in [5, 5.41) is 12.7. The van der Waals surface area contributed by atoms with Crippen molar-refractivity contribution in [2.75, 3.05) is 18.0 Å². The molecular formula is C16H18N2O2S. The molecule has 1 aromatic heterocycles. The van der Waals surface area contributed by atoms with Gasteiger partial charge in [-0.1, -0.05) is 30.3 Å². The molecule has 0 aliphatic carbocycles. The molecule has 0 bridgehead atoms. The molecular weight excluding hydrogens is 284 g/mol. The highest BCUT2D eigenvalue weighted by Crippen LogP contribution is 2.36. The lowest BCUT2D eigenvalue weighted by Crippen LogP contribution is -2.49. The van der Waals surface area contributed by atoms with Crippen molar-refractivity contribution in [2.24, 2.45) is 5.41 Å². The summed E-state index contributed by atoms with van der Waals surface area (Å²) in [6.45, 7) is 1.42. The van der Waals surface area contributed by atoms with E-state index in [-0.39, 0.29) is 0 Å². The van der Waals surface area contributed by atoms with Gasteiger partial charge in [0.25, 0.3) is 0 Å². The lowest BCUT2D eigenvalue weighted by Gasteiger charge is -2.40. The van der Waals surface area contributed by atoms with Crippen molar-refractivity contribution in [1.82, 2.24) is 4.98 Å². The van der Waals surface area contributed by atoms with E-state index >= 15 is 0 Å². The zero-order chi connectivity index (χ0) is 14.7. The maximum Gasteiger partial charge on any atom is 0.311 e. The summed E-state index contributed by atoms with van der Waals surface area (Å²) in [5.74, 6) is -0.701. The minimum atomic E-state index is -0.717. The molecule has 1 atom stereocenters. The van der Waals surface area contributed by atoms with Crippen molar-refractivity contribution in [3.05, 3.63) is 47.5 Å². The molecule has 2 heterocycles. The van der Waals surface area contributed by atoms with E-state index in [9.17, 15) is 9.90 Å². The first kappa shape index (κ1) is 14.1. The van der Waals surface area contributed by atoms with Crippen LogP contribution < -0.4 is 4.90 Å². The van der Waals surface area contributed by atoms with E-state index in [0.29, 0.717) is 13.0 Å². The molecule has 0 amide bonds. The second-order valence-electron chi connectivity index (χ2n) is 5.59. The van der Waals surface area contributed by atoms with Crippen LogP contribution in [0.25, 0.3) is 0 Å². The Morgan fingerprint density at radius 1 is 1.38 bits per heavy atom. The molecule has 4 nitrogen and oxygen atoms in total. The van der Waals surface area contributed by atoms with Crippen molar-refractivity contribution in [2.45, 2.75) is 19.3 Å². The number of carboxylic acid groups (broad SMARTS) is 1. The molecule has 1 aromatic carbocycles. The smallest absolute Gasteiger partial charge is 0.311 e. The van der Waals surface area contributed by atoms with Crippen LogP contribution in [0.3, 0.4) is 0 Å². The molecule has 110 valence electrons. The zero-order valence-corrected chi connectivity index (χ0v) is 12.6. The highest BCUT2D eigenvalue weighted by molar-refractivity contribution is 7.13. The minimum Gasteiger partial charge on any atom is -0.481 e. The van der Waals surface area contributed by atoms with Gasteiger partial charge in [-0.05, 0) is 24.8 Å². The van der Waals surface area contributed by atoms with Gasteiger partial charge in [0.1, 0.15) is 0 Å². The standard InChI is InChI=1S/C16H18N2O2S/c19-14(20)16(11-13-5-2-1-3-6-13)7-4-9-18(12-16)15-17-8-10-21-15/h1-3,5-6,8,10H,4,7,9,11-12H2,(H,19,20). The average Bonchev–Trinajstić information content (AvgIpc) is 3.03. The second-order valence-corrected chi connectivity index (χ2v) is 6.46. The topological polar surface area (TPSA) is 53.4 Å². The monoisotopic (exact) mass is 302 g/mol. The van der Waals surface area contributed by atoms with E-state index in [1.165, 1.54) is 0 Å². The number of nitrogens with zero attached hydrogens (tertiary/aromatic N) is 2. The van der Waals surface area contributed by atoms with Gasteiger partial charge in [0.2, 0.25) is 0 Å². The highest BCUT2D eigenvalue weighted by Gasteiger charge is 2.43. The number of anilines is 1. The highest BCUT2D eigenvalue weighted by atomic mass is 32.1. The minimum absolute atomic E-state index is 0.532. The molecule has 3 rings (SSSR count). The molecule has 1 aliphatic heterocycles. The Kier molecular flexibility index (Phi) is 3.92. The van der Waals surface area contributed by atoms with Gasteiger partial charge in [0.05, 0.1) is 5.41 Å². The normalized spacial score (nSPS) is 22.2. The van der Waals surface area contributed by atoms with Gasteiger partial charge in [-0.25, -0.2) is 4.98 Å². The van der Waals surface area contributed by atoms with Gasteiger partial charge in [0, 0.05) is 24.7 Å². The number of aromatic nitrogens is 1. The second kappa shape index (κ2) is 5.85. The number of hydrogen-bond acceptors (Lipinski definition) is 4. The Labute approximate surface area is 128 Å². The van der Waals surface area contributed by atoms with Crippen molar-refractivity contribution < 1.29 is 9.90 Å². The Morgan fingerprint density at radius 3 is 2.86 bits per heavy atom. The lowest BCUT2D eigenvalue weighted by molar-refractivity contribution is -0.149. The van der Waals surface area contributed by atoms with Crippen LogP contribution in [0.1, 0.15) is 18.4 Å². The van der Waals surface area contributed by atoms with Crippen LogP contribution in [0.4, 0.5) is 5.13 Å². The van der Waals surface area contributed by atoms with Crippen molar-refractivity contribution in [3.63, 3.8) is 0 Å². The van der Waals surface area contributed by atoms with Crippen LogP contribution in [-0.4, -0.2) is 29.1 Å². The van der Waals surface area contributed by atoms with E-state index in [2.05, 4.69) is 9.88 Å². The van der Waals surface area contributed by atoms with Crippen molar-refractivity contribution in [1.29, 1.82) is 0 Å². The molecule has 1 saturated heterocycles. The van der Waals surface area contributed by atoms with Crippen LogP contribution in [0.15, 0.2) is 41.9 Å². The molecule has 2 aromatic rings. The summed E-state index contributed by atoms with van der Waals surface area (Å²) in [6.07, 6.45) is 3.96. The summed E-state index contributed by atoms with van der Waals surface area (Å²) in [4.78, 5) is 18.4. The summed E-state index contributed by atoms with van der Waals surface area (Å²) >= 11 is 1.57. The number of aliphatic carboxylic acids is 1. The number of hydrogen-bond donors (Lipinski definition) is 1. The van der Waals surface area contributed by atoms with Gasteiger partial charge in [-0.3, -0.25) is 4.79 Å². The molecule has 21 heavy (non-hydrogen) atoms. The number of rotatable bonds is 4. The first-order valence-corrected chi connectivity index (χ1v) is 7.99. The lowest BCUT2D eigenvalue weighted by atomic mass is 9.75. The fourth-order valence-electron chi connectivity index (χ4n) is 3.05. The molecule has 1 unspecified atom stereocenters. The number of thiazole rings is 1. The third kappa shape index (κ3) is 2.93. The Morgan fingerprint density at radius 2 is 2.19 bits per heavy atom. The number of piperidine rings is 1. The van der Waals surface area contributed by atoms with Crippen LogP contribution >= 0.6 is 11.3 Å². The molecule has 1 N–H and O–H groups in total. The van der Waals surface area contributed by atoms with E-state index in [0.717, 1.165) is 30.1 Å². The first-order valence-electron chi connectivity index (χ1n) is 7.11. The molecule has 0 radical (unpaired) electrons. The van der Waals surface area contributed by atoms with E-state index < -0.39 is 11.4 Å². The molecule has 0 saturated carbocycles. The Bertz CT molecular complexity index is 600. The van der Waals surface area contributed by atoms with Crippen LogP contribution in [-0.2, 0) is 11.2 Å². The van der Waals surface area contributed by atoms with E-state index in [4.69, 9.17) is 0 Å². The van der Waals surface area contributed by atoms with Gasteiger partial charge in [-0.15, -0.1) is 11.3 Å². The van der Waals surface area contributed by atoms with E-state index in [1.807, 2.05) is 35.7 Å². The number of carboxylic acids is 1. The molecule has 5 heteroatoms. The molecule has 1 fully saturated rings. The number of benzene rings is 1. The first-order chi connectivity index (χ1) is 10.2. The zero-order valence-electron chi connectivity index (χ0n) is 11.7. The molecule has 0 spiro atoms. The van der Waals surface area contributed by atoms with Crippen molar-refractivity contribution in [3.8, 4) is 0 Å². The largest absolute Gasteiger partial charge is 0.481 e. The van der Waals surface area contributed by atoms with Gasteiger partial charge in [-0.2, -0.15) is 0 Å². The van der Waals surface area contributed by atoms with Gasteiger partial charge >= 0.3 is 5.97 Å².